The number of rotatable bonds is 4. The molecule has 0 bridgehead atoms. The van der Waals surface area contributed by atoms with Gasteiger partial charge in [0.15, 0.2) is 4.60 Å². The van der Waals surface area contributed by atoms with E-state index in [0.717, 1.165) is 16.8 Å². The van der Waals surface area contributed by atoms with Crippen LogP contribution in [0.2, 0.25) is 0 Å². The minimum atomic E-state index is 0.163. The van der Waals surface area contributed by atoms with E-state index < -0.39 is 0 Å². The predicted molar refractivity (Wildman–Crippen MR) is 74.0 cm³/mol. The first kappa shape index (κ1) is 14.6. The van der Waals surface area contributed by atoms with Crippen molar-refractivity contribution in [3.63, 3.8) is 0 Å². The van der Waals surface area contributed by atoms with E-state index in [-0.39, 0.29) is 5.54 Å². The second-order valence-electron chi connectivity index (χ2n) is 5.79. The average molecular weight is 303 g/mol. The molecular formula is C12H23BrN4. The highest BCUT2D eigenvalue weighted by Gasteiger charge is 2.22. The van der Waals surface area contributed by atoms with Gasteiger partial charge in [-0.25, -0.2) is 0 Å². The molecule has 2 atom stereocenters. The highest BCUT2D eigenvalue weighted by atomic mass is 79.9. The smallest absolute Gasteiger partial charge is 0.151 e. The Balaban J connectivity index is 2.67. The Hall–Kier alpha value is -0.420. The molecule has 0 fully saturated rings. The molecule has 4 nitrogen and oxygen atoms in total. The molecule has 0 saturated carbocycles. The van der Waals surface area contributed by atoms with Gasteiger partial charge in [0.2, 0.25) is 0 Å². The maximum absolute atomic E-state index is 4.04. The van der Waals surface area contributed by atoms with E-state index in [1.807, 2.05) is 11.7 Å². The molecule has 5 heteroatoms. The van der Waals surface area contributed by atoms with Gasteiger partial charge < -0.3 is 5.32 Å². The van der Waals surface area contributed by atoms with E-state index >= 15 is 0 Å². The summed E-state index contributed by atoms with van der Waals surface area (Å²) >= 11 is 3.46. The van der Waals surface area contributed by atoms with Gasteiger partial charge in [0.1, 0.15) is 0 Å². The summed E-state index contributed by atoms with van der Waals surface area (Å²) in [5.41, 5.74) is 1.32. The summed E-state index contributed by atoms with van der Waals surface area (Å²) < 4.78 is 2.71. The average Bonchev–Trinajstić information content (AvgIpc) is 2.53. The third kappa shape index (κ3) is 4.07. The lowest BCUT2D eigenvalue weighted by Gasteiger charge is -2.26. The van der Waals surface area contributed by atoms with Crippen molar-refractivity contribution >= 4 is 15.9 Å². The van der Waals surface area contributed by atoms with Crippen LogP contribution in [-0.4, -0.2) is 27.1 Å². The second kappa shape index (κ2) is 5.48. The summed E-state index contributed by atoms with van der Waals surface area (Å²) in [6.45, 7) is 12.0. The highest BCUT2D eigenvalue weighted by Crippen LogP contribution is 2.28. The summed E-state index contributed by atoms with van der Waals surface area (Å²) in [5.74, 6) is 0.946. The summed E-state index contributed by atoms with van der Waals surface area (Å²) in [6, 6.07) is 0. The molecule has 1 aromatic rings. The van der Waals surface area contributed by atoms with Crippen LogP contribution in [0, 0.1) is 5.92 Å². The Kier molecular flexibility index (Phi) is 4.72. The normalized spacial score (nSPS) is 15.9. The van der Waals surface area contributed by atoms with E-state index in [1.165, 1.54) is 0 Å². The first-order valence-corrected chi connectivity index (χ1v) is 6.81. The van der Waals surface area contributed by atoms with Gasteiger partial charge in [0, 0.05) is 18.5 Å². The van der Waals surface area contributed by atoms with Crippen molar-refractivity contribution in [2.45, 2.75) is 46.1 Å². The van der Waals surface area contributed by atoms with E-state index in [2.05, 4.69) is 66.2 Å². The molecule has 0 aliphatic rings. The number of halogens is 1. The molecular weight excluding hydrogens is 280 g/mol. The highest BCUT2D eigenvalue weighted by molar-refractivity contribution is 9.10. The maximum atomic E-state index is 4.04. The first-order valence-electron chi connectivity index (χ1n) is 6.02. The number of nitrogens with zero attached hydrogens (tertiary/aromatic N) is 3. The summed E-state index contributed by atoms with van der Waals surface area (Å²) in [6.07, 6.45) is 0. The number of aromatic nitrogens is 3. The quantitative estimate of drug-likeness (QED) is 0.930. The lowest BCUT2D eigenvalue weighted by atomic mass is 9.92. The number of nitrogens with one attached hydrogen (secondary N) is 1. The van der Waals surface area contributed by atoms with Gasteiger partial charge >= 0.3 is 0 Å². The molecule has 0 aliphatic heterocycles. The predicted octanol–water partition coefficient (Wildman–Crippen LogP) is 2.71. The molecule has 1 rings (SSSR count). The Morgan fingerprint density at radius 2 is 1.94 bits per heavy atom. The molecule has 1 N–H and O–H groups in total. The van der Waals surface area contributed by atoms with Gasteiger partial charge in [-0.3, -0.25) is 4.68 Å². The second-order valence-corrected chi connectivity index (χ2v) is 6.54. The Labute approximate surface area is 112 Å². The topological polar surface area (TPSA) is 42.7 Å². The van der Waals surface area contributed by atoms with Crippen molar-refractivity contribution in [1.29, 1.82) is 0 Å². The van der Waals surface area contributed by atoms with Crippen molar-refractivity contribution in [3.05, 3.63) is 10.3 Å². The van der Waals surface area contributed by atoms with Crippen LogP contribution in [-0.2, 0) is 7.05 Å². The minimum Gasteiger partial charge on any atom is -0.312 e. The fraction of sp³-hybridized carbons (Fsp3) is 0.833. The molecule has 0 spiro atoms. The van der Waals surface area contributed by atoms with Crippen LogP contribution in [0.3, 0.4) is 0 Å². The van der Waals surface area contributed by atoms with Gasteiger partial charge in [-0.15, -0.1) is 5.10 Å². The van der Waals surface area contributed by atoms with Crippen LogP contribution >= 0.6 is 15.9 Å². The van der Waals surface area contributed by atoms with Crippen molar-refractivity contribution in [3.8, 4) is 0 Å². The summed E-state index contributed by atoms with van der Waals surface area (Å²) in [7, 11) is 1.94. The monoisotopic (exact) mass is 302 g/mol. The largest absolute Gasteiger partial charge is 0.312 e. The van der Waals surface area contributed by atoms with Gasteiger partial charge in [-0.2, -0.15) is 0 Å². The lowest BCUT2D eigenvalue weighted by Crippen LogP contribution is -2.39. The summed E-state index contributed by atoms with van der Waals surface area (Å²) in [5, 5.41) is 11.6. The standard InChI is InChI=1S/C12H23BrN4/c1-8(7-14-12(3,4)5)9(2)10-11(13)15-16-17(10)6/h8-9,14H,7H2,1-6H3. The van der Waals surface area contributed by atoms with Crippen LogP contribution in [0.1, 0.15) is 46.2 Å². The minimum absolute atomic E-state index is 0.163. The third-order valence-electron chi connectivity index (χ3n) is 3.07. The number of hydrogen-bond donors (Lipinski definition) is 1. The van der Waals surface area contributed by atoms with Crippen LogP contribution in [0.4, 0.5) is 0 Å². The van der Waals surface area contributed by atoms with E-state index in [4.69, 9.17) is 0 Å². The van der Waals surface area contributed by atoms with Gasteiger partial charge in [0.05, 0.1) is 5.69 Å². The Morgan fingerprint density at radius 3 is 2.35 bits per heavy atom. The van der Waals surface area contributed by atoms with Gasteiger partial charge in [-0.1, -0.05) is 19.1 Å². The van der Waals surface area contributed by atoms with Crippen LogP contribution in [0.15, 0.2) is 4.60 Å². The van der Waals surface area contributed by atoms with Crippen molar-refractivity contribution in [2.24, 2.45) is 13.0 Å². The fourth-order valence-corrected chi connectivity index (χ4v) is 2.42. The molecule has 2 unspecified atom stereocenters. The Bertz CT molecular complexity index is 348. The first-order chi connectivity index (χ1) is 7.72. The zero-order valence-corrected chi connectivity index (χ0v) is 13.2. The summed E-state index contributed by atoms with van der Waals surface area (Å²) in [4.78, 5) is 0. The van der Waals surface area contributed by atoms with Crippen LogP contribution in [0.25, 0.3) is 0 Å². The lowest BCUT2D eigenvalue weighted by molar-refractivity contribution is 0.353. The Morgan fingerprint density at radius 1 is 1.35 bits per heavy atom. The maximum Gasteiger partial charge on any atom is 0.151 e. The SMILES string of the molecule is CC(CNC(C)(C)C)C(C)c1c(Br)nnn1C. The third-order valence-corrected chi connectivity index (χ3v) is 3.63. The molecule has 0 radical (unpaired) electrons. The molecule has 0 aromatic carbocycles. The number of hydrogen-bond acceptors (Lipinski definition) is 3. The molecule has 0 aliphatic carbocycles. The molecule has 98 valence electrons. The van der Waals surface area contributed by atoms with Crippen molar-refractivity contribution in [2.75, 3.05) is 6.54 Å². The number of aryl methyl sites for hydroxylation is 1. The van der Waals surface area contributed by atoms with Crippen molar-refractivity contribution < 1.29 is 0 Å². The van der Waals surface area contributed by atoms with Gasteiger partial charge in [0.25, 0.3) is 0 Å². The van der Waals surface area contributed by atoms with E-state index in [9.17, 15) is 0 Å². The molecule has 17 heavy (non-hydrogen) atoms. The molecule has 1 heterocycles. The molecule has 0 amide bonds. The zero-order valence-electron chi connectivity index (χ0n) is 11.6. The van der Waals surface area contributed by atoms with Gasteiger partial charge in [-0.05, 0) is 49.2 Å². The van der Waals surface area contributed by atoms with Crippen LogP contribution < -0.4 is 5.32 Å². The van der Waals surface area contributed by atoms with Crippen molar-refractivity contribution in [1.82, 2.24) is 20.3 Å². The van der Waals surface area contributed by atoms with E-state index in [1.54, 1.807) is 0 Å². The molecule has 1 aromatic heterocycles. The van der Waals surface area contributed by atoms with Crippen LogP contribution in [0.5, 0.6) is 0 Å². The fourth-order valence-electron chi connectivity index (χ4n) is 1.74. The van der Waals surface area contributed by atoms with E-state index in [0.29, 0.717) is 11.8 Å². The zero-order chi connectivity index (χ0) is 13.2. The molecule has 0 saturated heterocycles.